The first kappa shape index (κ1) is 13.5. The summed E-state index contributed by atoms with van der Waals surface area (Å²) in [5, 5.41) is 11.7. The molecule has 1 aliphatic carbocycles. The van der Waals surface area contributed by atoms with Gasteiger partial charge >= 0.3 is 5.97 Å². The summed E-state index contributed by atoms with van der Waals surface area (Å²) in [6.07, 6.45) is 2.19. The second-order valence-corrected chi connectivity index (χ2v) is 5.12. The third-order valence-corrected chi connectivity index (χ3v) is 3.61. The van der Waals surface area contributed by atoms with E-state index in [1.54, 1.807) is 6.92 Å². The van der Waals surface area contributed by atoms with Crippen LogP contribution in [0.4, 0.5) is 4.39 Å². The first-order valence-corrected chi connectivity index (χ1v) is 6.22. The minimum Gasteiger partial charge on any atom is -0.481 e. The van der Waals surface area contributed by atoms with Crippen LogP contribution in [0.1, 0.15) is 41.6 Å². The number of carboxylic acid groups (broad SMARTS) is 1. The Bertz CT molecular complexity index is 523. The van der Waals surface area contributed by atoms with Crippen LogP contribution in [0.15, 0.2) is 18.2 Å². The predicted molar refractivity (Wildman–Crippen MR) is 67.4 cm³/mol. The van der Waals surface area contributed by atoms with Crippen LogP contribution in [0.5, 0.6) is 0 Å². The number of carbonyl (C=O) groups excluding carboxylic acids is 1. The van der Waals surface area contributed by atoms with E-state index >= 15 is 0 Å². The van der Waals surface area contributed by atoms with E-state index in [0.717, 1.165) is 6.42 Å². The molecule has 0 aromatic heterocycles. The number of carboxylic acids is 1. The second kappa shape index (κ2) is 4.99. The van der Waals surface area contributed by atoms with Crippen molar-refractivity contribution in [1.82, 2.24) is 5.32 Å². The monoisotopic (exact) mass is 265 g/mol. The van der Waals surface area contributed by atoms with E-state index < -0.39 is 17.3 Å². The maximum absolute atomic E-state index is 13.0. The zero-order chi connectivity index (χ0) is 14.0. The Morgan fingerprint density at radius 2 is 2.11 bits per heavy atom. The van der Waals surface area contributed by atoms with Crippen LogP contribution in [-0.4, -0.2) is 22.5 Å². The molecule has 0 bridgehead atoms. The van der Waals surface area contributed by atoms with Gasteiger partial charge in [0, 0.05) is 5.56 Å². The number of halogens is 1. The third-order valence-electron chi connectivity index (χ3n) is 3.61. The highest BCUT2D eigenvalue weighted by atomic mass is 19.1. The van der Waals surface area contributed by atoms with E-state index in [1.165, 1.54) is 18.2 Å². The van der Waals surface area contributed by atoms with Crippen molar-refractivity contribution in [2.45, 2.75) is 38.1 Å². The van der Waals surface area contributed by atoms with Gasteiger partial charge in [-0.25, -0.2) is 4.39 Å². The van der Waals surface area contributed by atoms with E-state index in [9.17, 15) is 14.0 Å². The summed E-state index contributed by atoms with van der Waals surface area (Å²) in [6.45, 7) is 1.66. The molecule has 2 N–H and O–H groups in total. The normalized spacial score (nSPS) is 16.5. The highest BCUT2D eigenvalue weighted by Gasteiger charge is 2.40. The van der Waals surface area contributed by atoms with Crippen molar-refractivity contribution in [3.05, 3.63) is 35.1 Å². The molecule has 1 fully saturated rings. The number of nitrogens with one attached hydrogen (secondary N) is 1. The summed E-state index contributed by atoms with van der Waals surface area (Å²) in [7, 11) is 0. The van der Waals surface area contributed by atoms with Gasteiger partial charge in [-0.2, -0.15) is 0 Å². The van der Waals surface area contributed by atoms with Crippen LogP contribution in [0.2, 0.25) is 0 Å². The minimum absolute atomic E-state index is 0.0705. The molecule has 0 atom stereocenters. The largest absolute Gasteiger partial charge is 0.481 e. The summed E-state index contributed by atoms with van der Waals surface area (Å²) in [5.41, 5.74) is 0.296. The van der Waals surface area contributed by atoms with Gasteiger partial charge in [-0.05, 0) is 49.9 Å². The number of hydrogen-bond acceptors (Lipinski definition) is 2. The van der Waals surface area contributed by atoms with E-state index in [4.69, 9.17) is 5.11 Å². The Balaban J connectivity index is 2.13. The van der Waals surface area contributed by atoms with Gasteiger partial charge in [0.15, 0.2) is 0 Å². The van der Waals surface area contributed by atoms with Crippen molar-refractivity contribution < 1.29 is 19.1 Å². The molecule has 1 aromatic rings. The molecule has 1 saturated carbocycles. The number of carbonyl (C=O) groups is 2. The molecule has 1 aliphatic rings. The van der Waals surface area contributed by atoms with Crippen molar-refractivity contribution in [2.75, 3.05) is 0 Å². The molecule has 0 radical (unpaired) electrons. The first-order chi connectivity index (χ1) is 8.92. The molecular formula is C14H16FNO3. The fourth-order valence-corrected chi connectivity index (χ4v) is 2.43. The molecule has 1 amide bonds. The Hall–Kier alpha value is -1.91. The average molecular weight is 265 g/mol. The van der Waals surface area contributed by atoms with E-state index in [2.05, 4.69) is 5.32 Å². The van der Waals surface area contributed by atoms with Gasteiger partial charge in [0.1, 0.15) is 5.82 Å². The number of aryl methyl sites for hydroxylation is 1. The molecule has 2 rings (SSSR count). The molecule has 0 unspecified atom stereocenters. The minimum atomic E-state index is -0.921. The lowest BCUT2D eigenvalue weighted by Gasteiger charge is -2.41. The van der Waals surface area contributed by atoms with Gasteiger partial charge in [-0.1, -0.05) is 0 Å². The maximum atomic E-state index is 13.0. The lowest BCUT2D eigenvalue weighted by Crippen LogP contribution is -2.54. The number of rotatable bonds is 4. The SMILES string of the molecule is Cc1cc(F)ccc1C(=O)NC1(CC(=O)O)CCC1. The lowest BCUT2D eigenvalue weighted by atomic mass is 9.74. The van der Waals surface area contributed by atoms with Crippen molar-refractivity contribution >= 4 is 11.9 Å². The molecule has 102 valence electrons. The number of amides is 1. The number of benzene rings is 1. The summed E-state index contributed by atoms with van der Waals surface area (Å²) in [6, 6.07) is 3.94. The van der Waals surface area contributed by atoms with E-state index in [1.807, 2.05) is 0 Å². The molecule has 0 heterocycles. The summed E-state index contributed by atoms with van der Waals surface area (Å²) in [4.78, 5) is 23.0. The smallest absolute Gasteiger partial charge is 0.305 e. The molecule has 0 saturated heterocycles. The highest BCUT2D eigenvalue weighted by molar-refractivity contribution is 5.96. The van der Waals surface area contributed by atoms with Gasteiger partial charge in [-0.15, -0.1) is 0 Å². The van der Waals surface area contributed by atoms with Crippen molar-refractivity contribution in [2.24, 2.45) is 0 Å². The lowest BCUT2D eigenvalue weighted by molar-refractivity contribution is -0.139. The van der Waals surface area contributed by atoms with Gasteiger partial charge in [0.05, 0.1) is 12.0 Å². The maximum Gasteiger partial charge on any atom is 0.305 e. The number of aliphatic carboxylic acids is 1. The highest BCUT2D eigenvalue weighted by Crippen LogP contribution is 2.35. The molecule has 19 heavy (non-hydrogen) atoms. The van der Waals surface area contributed by atoms with Crippen LogP contribution in [-0.2, 0) is 4.79 Å². The van der Waals surface area contributed by atoms with Gasteiger partial charge < -0.3 is 10.4 Å². The van der Waals surface area contributed by atoms with Crippen molar-refractivity contribution in [1.29, 1.82) is 0 Å². The first-order valence-electron chi connectivity index (χ1n) is 6.22. The molecule has 4 nitrogen and oxygen atoms in total. The summed E-state index contributed by atoms with van der Waals surface area (Å²) >= 11 is 0. The zero-order valence-corrected chi connectivity index (χ0v) is 10.7. The molecule has 0 aliphatic heterocycles. The van der Waals surface area contributed by atoms with Gasteiger partial charge in [0.2, 0.25) is 0 Å². The third kappa shape index (κ3) is 2.92. The Labute approximate surface area is 110 Å². The van der Waals surface area contributed by atoms with Crippen molar-refractivity contribution in [3.63, 3.8) is 0 Å². The van der Waals surface area contributed by atoms with Gasteiger partial charge in [0.25, 0.3) is 5.91 Å². The second-order valence-electron chi connectivity index (χ2n) is 5.12. The van der Waals surface area contributed by atoms with Crippen LogP contribution in [0.3, 0.4) is 0 Å². The van der Waals surface area contributed by atoms with Crippen LogP contribution in [0, 0.1) is 12.7 Å². The van der Waals surface area contributed by atoms with Gasteiger partial charge in [-0.3, -0.25) is 9.59 Å². The standard InChI is InChI=1S/C14H16FNO3/c1-9-7-10(15)3-4-11(9)13(19)16-14(5-2-6-14)8-12(17)18/h3-4,7H,2,5-6,8H2,1H3,(H,16,19)(H,17,18). The Morgan fingerprint density at radius 3 is 2.58 bits per heavy atom. The van der Waals surface area contributed by atoms with Crippen molar-refractivity contribution in [3.8, 4) is 0 Å². The Kier molecular flexibility index (Phi) is 3.55. The fraction of sp³-hybridized carbons (Fsp3) is 0.429. The molecule has 1 aromatic carbocycles. The Morgan fingerprint density at radius 1 is 1.42 bits per heavy atom. The molecular weight excluding hydrogens is 249 g/mol. The summed E-state index contributed by atoms with van der Waals surface area (Å²) in [5.74, 6) is -1.65. The predicted octanol–water partition coefficient (Wildman–Crippen LogP) is 2.26. The topological polar surface area (TPSA) is 66.4 Å². The molecule has 5 heteroatoms. The van der Waals surface area contributed by atoms with Crippen LogP contribution < -0.4 is 5.32 Å². The fourth-order valence-electron chi connectivity index (χ4n) is 2.43. The van der Waals surface area contributed by atoms with Crippen LogP contribution in [0.25, 0.3) is 0 Å². The summed E-state index contributed by atoms with van der Waals surface area (Å²) < 4.78 is 13.0. The average Bonchev–Trinajstić information content (AvgIpc) is 2.25. The number of hydrogen-bond donors (Lipinski definition) is 2. The zero-order valence-electron chi connectivity index (χ0n) is 10.7. The molecule has 0 spiro atoms. The van der Waals surface area contributed by atoms with Crippen LogP contribution >= 0.6 is 0 Å². The quantitative estimate of drug-likeness (QED) is 0.877. The van der Waals surface area contributed by atoms with E-state index in [-0.39, 0.29) is 12.3 Å². The van der Waals surface area contributed by atoms with E-state index in [0.29, 0.717) is 24.0 Å².